The van der Waals surface area contributed by atoms with Gasteiger partial charge in [0.05, 0.1) is 5.57 Å². The standard InChI is InChI=1S/C7H5F3O/c8-7(9,10)5-3-1-2-4-6(5)11/h1-3H,4H2. The molecule has 1 aliphatic rings. The van der Waals surface area contributed by atoms with Gasteiger partial charge in [0.25, 0.3) is 0 Å². The highest BCUT2D eigenvalue weighted by molar-refractivity contribution is 5.98. The van der Waals surface area contributed by atoms with Crippen molar-refractivity contribution in [3.8, 4) is 0 Å². The lowest BCUT2D eigenvalue weighted by Crippen LogP contribution is -2.20. The smallest absolute Gasteiger partial charge is 0.294 e. The van der Waals surface area contributed by atoms with Crippen LogP contribution in [0.25, 0.3) is 0 Å². The SMILES string of the molecule is O=C1CC=CC=C1C(F)(F)F. The van der Waals surface area contributed by atoms with E-state index < -0.39 is 17.5 Å². The Morgan fingerprint density at radius 2 is 2.00 bits per heavy atom. The normalized spacial score (nSPS) is 18.5. The fourth-order valence-electron chi connectivity index (χ4n) is 0.795. The predicted octanol–water partition coefficient (Wildman–Crippen LogP) is 2.00. The van der Waals surface area contributed by atoms with Gasteiger partial charge in [-0.05, 0) is 6.08 Å². The van der Waals surface area contributed by atoms with E-state index in [1.807, 2.05) is 0 Å². The minimum absolute atomic E-state index is 0.147. The van der Waals surface area contributed by atoms with Crippen LogP contribution < -0.4 is 0 Å². The van der Waals surface area contributed by atoms with Gasteiger partial charge < -0.3 is 0 Å². The molecule has 0 amide bonds. The topological polar surface area (TPSA) is 17.1 Å². The highest BCUT2D eigenvalue weighted by Crippen LogP contribution is 2.28. The number of ketones is 1. The van der Waals surface area contributed by atoms with E-state index in [1.54, 1.807) is 0 Å². The van der Waals surface area contributed by atoms with Crippen LogP contribution in [0.3, 0.4) is 0 Å². The van der Waals surface area contributed by atoms with Gasteiger partial charge >= 0.3 is 6.18 Å². The van der Waals surface area contributed by atoms with E-state index in [0.29, 0.717) is 0 Å². The average Bonchev–Trinajstić information content (AvgIpc) is 1.86. The number of carbonyl (C=O) groups is 1. The summed E-state index contributed by atoms with van der Waals surface area (Å²) in [7, 11) is 0. The Bertz CT molecular complexity index is 235. The highest BCUT2D eigenvalue weighted by atomic mass is 19.4. The molecule has 0 N–H and O–H groups in total. The largest absolute Gasteiger partial charge is 0.419 e. The maximum absolute atomic E-state index is 11.9. The van der Waals surface area contributed by atoms with Gasteiger partial charge in [0.15, 0.2) is 5.78 Å². The molecule has 0 unspecified atom stereocenters. The second-order valence-corrected chi connectivity index (χ2v) is 2.13. The van der Waals surface area contributed by atoms with Crippen LogP contribution in [0.2, 0.25) is 0 Å². The van der Waals surface area contributed by atoms with Gasteiger partial charge in [-0.1, -0.05) is 12.2 Å². The molecule has 0 fully saturated rings. The number of rotatable bonds is 0. The lowest BCUT2D eigenvalue weighted by Gasteiger charge is -2.10. The zero-order valence-corrected chi connectivity index (χ0v) is 5.48. The summed E-state index contributed by atoms with van der Waals surface area (Å²) in [5.74, 6) is -0.861. The molecule has 0 saturated heterocycles. The van der Waals surface area contributed by atoms with Crippen LogP contribution in [0.4, 0.5) is 13.2 Å². The molecule has 11 heavy (non-hydrogen) atoms. The molecule has 60 valence electrons. The Balaban J connectivity index is 2.93. The molecular formula is C7H5F3O. The molecular weight excluding hydrogens is 157 g/mol. The van der Waals surface area contributed by atoms with Crippen molar-refractivity contribution in [3.63, 3.8) is 0 Å². The van der Waals surface area contributed by atoms with Crippen molar-refractivity contribution in [2.45, 2.75) is 12.6 Å². The molecule has 0 aromatic heterocycles. The Labute approximate surface area is 61.2 Å². The number of hydrogen-bond acceptors (Lipinski definition) is 1. The fraction of sp³-hybridized carbons (Fsp3) is 0.286. The van der Waals surface area contributed by atoms with E-state index >= 15 is 0 Å². The van der Waals surface area contributed by atoms with E-state index in [0.717, 1.165) is 6.08 Å². The fourth-order valence-corrected chi connectivity index (χ4v) is 0.795. The zero-order chi connectivity index (χ0) is 8.48. The van der Waals surface area contributed by atoms with E-state index in [9.17, 15) is 18.0 Å². The second-order valence-electron chi connectivity index (χ2n) is 2.13. The van der Waals surface area contributed by atoms with Crippen LogP contribution in [-0.2, 0) is 4.79 Å². The summed E-state index contributed by atoms with van der Waals surface area (Å²) in [6, 6.07) is 0. The van der Waals surface area contributed by atoms with Crippen LogP contribution in [0.1, 0.15) is 6.42 Å². The average molecular weight is 162 g/mol. The third kappa shape index (κ3) is 1.69. The number of hydrogen-bond donors (Lipinski definition) is 0. The summed E-state index contributed by atoms with van der Waals surface area (Å²) in [5, 5.41) is 0. The summed E-state index contributed by atoms with van der Waals surface area (Å²) >= 11 is 0. The zero-order valence-electron chi connectivity index (χ0n) is 5.48. The number of Topliss-reactive ketones (excluding diaryl/α,β-unsaturated/α-hetero) is 1. The van der Waals surface area contributed by atoms with Crippen molar-refractivity contribution in [1.82, 2.24) is 0 Å². The Kier molecular flexibility index (Phi) is 1.85. The highest BCUT2D eigenvalue weighted by Gasteiger charge is 2.37. The third-order valence-electron chi connectivity index (χ3n) is 1.31. The summed E-state index contributed by atoms with van der Waals surface area (Å²) in [6.07, 6.45) is -1.21. The van der Waals surface area contributed by atoms with Crippen LogP contribution >= 0.6 is 0 Å². The lowest BCUT2D eigenvalue weighted by atomic mass is 10.0. The summed E-state index contributed by atoms with van der Waals surface area (Å²) < 4.78 is 35.6. The first kappa shape index (κ1) is 8.04. The van der Waals surface area contributed by atoms with E-state index in [4.69, 9.17) is 0 Å². The van der Waals surface area contributed by atoms with Gasteiger partial charge in [-0.3, -0.25) is 4.79 Å². The van der Waals surface area contributed by atoms with Crippen molar-refractivity contribution in [3.05, 3.63) is 23.8 Å². The molecule has 1 rings (SSSR count). The van der Waals surface area contributed by atoms with Crippen molar-refractivity contribution in [2.24, 2.45) is 0 Å². The molecule has 1 aliphatic carbocycles. The van der Waals surface area contributed by atoms with E-state index in [-0.39, 0.29) is 6.42 Å². The first-order valence-corrected chi connectivity index (χ1v) is 2.99. The number of alkyl halides is 3. The molecule has 4 heteroatoms. The molecule has 0 radical (unpaired) electrons. The van der Waals surface area contributed by atoms with Gasteiger partial charge in [-0.25, -0.2) is 0 Å². The summed E-state index contributed by atoms with van der Waals surface area (Å²) in [5.41, 5.74) is -1.06. The Morgan fingerprint density at radius 1 is 1.36 bits per heavy atom. The molecule has 0 spiro atoms. The summed E-state index contributed by atoms with van der Waals surface area (Å²) in [6.45, 7) is 0. The molecule has 0 bridgehead atoms. The quantitative estimate of drug-likeness (QED) is 0.532. The van der Waals surface area contributed by atoms with Crippen molar-refractivity contribution >= 4 is 5.78 Å². The minimum atomic E-state index is -4.50. The van der Waals surface area contributed by atoms with Crippen molar-refractivity contribution in [2.75, 3.05) is 0 Å². The van der Waals surface area contributed by atoms with Crippen LogP contribution in [0, 0.1) is 0 Å². The van der Waals surface area contributed by atoms with Crippen LogP contribution in [-0.4, -0.2) is 12.0 Å². The van der Waals surface area contributed by atoms with Gasteiger partial charge in [0.2, 0.25) is 0 Å². The van der Waals surface area contributed by atoms with Crippen molar-refractivity contribution < 1.29 is 18.0 Å². The molecule has 0 heterocycles. The monoisotopic (exact) mass is 162 g/mol. The first-order chi connectivity index (χ1) is 5.02. The second kappa shape index (κ2) is 2.53. The Hall–Kier alpha value is -1.06. The van der Waals surface area contributed by atoms with E-state index in [2.05, 4.69) is 0 Å². The van der Waals surface area contributed by atoms with Gasteiger partial charge in [-0.15, -0.1) is 0 Å². The first-order valence-electron chi connectivity index (χ1n) is 2.99. The van der Waals surface area contributed by atoms with Gasteiger partial charge in [-0.2, -0.15) is 13.2 Å². The number of carbonyl (C=O) groups excluding carboxylic acids is 1. The van der Waals surface area contributed by atoms with Crippen molar-refractivity contribution in [1.29, 1.82) is 0 Å². The Morgan fingerprint density at radius 3 is 2.36 bits per heavy atom. The van der Waals surface area contributed by atoms with Crippen LogP contribution in [0.15, 0.2) is 23.8 Å². The molecule has 0 saturated carbocycles. The number of allylic oxidation sites excluding steroid dienone is 4. The molecule has 0 aromatic carbocycles. The number of halogens is 3. The molecule has 0 aromatic rings. The summed E-state index contributed by atoms with van der Waals surface area (Å²) in [4.78, 5) is 10.6. The maximum atomic E-state index is 11.9. The van der Waals surface area contributed by atoms with Crippen LogP contribution in [0.5, 0.6) is 0 Å². The molecule has 0 atom stereocenters. The van der Waals surface area contributed by atoms with Gasteiger partial charge in [0, 0.05) is 6.42 Å². The molecule has 0 aliphatic heterocycles. The lowest BCUT2D eigenvalue weighted by molar-refractivity contribution is -0.128. The molecule has 1 nitrogen and oxygen atoms in total. The minimum Gasteiger partial charge on any atom is -0.294 e. The predicted molar refractivity (Wildman–Crippen MR) is 32.9 cm³/mol. The van der Waals surface area contributed by atoms with E-state index in [1.165, 1.54) is 12.2 Å². The van der Waals surface area contributed by atoms with Gasteiger partial charge in [0.1, 0.15) is 0 Å². The maximum Gasteiger partial charge on any atom is 0.419 e. The third-order valence-corrected chi connectivity index (χ3v) is 1.31.